The summed E-state index contributed by atoms with van der Waals surface area (Å²) >= 11 is 0. The highest BCUT2D eigenvalue weighted by atomic mass is 16.6. The van der Waals surface area contributed by atoms with Crippen molar-refractivity contribution in [2.24, 2.45) is 0 Å². The van der Waals surface area contributed by atoms with Crippen LogP contribution in [-0.4, -0.2) is 42.5 Å². The van der Waals surface area contributed by atoms with E-state index in [1.165, 1.54) is 0 Å². The number of hydrogen-bond acceptors (Lipinski definition) is 6. The molecule has 0 amide bonds. The van der Waals surface area contributed by atoms with Crippen LogP contribution < -0.4 is 4.74 Å². The summed E-state index contributed by atoms with van der Waals surface area (Å²) in [5.74, 6) is -1.00. The molecule has 1 N–H and O–H groups in total. The summed E-state index contributed by atoms with van der Waals surface area (Å²) < 4.78 is 15.4. The number of esters is 2. The fourth-order valence-electron chi connectivity index (χ4n) is 2.65. The first kappa shape index (κ1) is 20.2. The number of ether oxygens (including phenoxy) is 3. The van der Waals surface area contributed by atoms with Gasteiger partial charge in [-0.15, -0.1) is 0 Å². The second-order valence-electron chi connectivity index (χ2n) is 5.98. The molecule has 1 heterocycles. The van der Waals surface area contributed by atoms with Crippen LogP contribution in [0.1, 0.15) is 44.6 Å². The van der Waals surface area contributed by atoms with E-state index in [9.17, 15) is 14.4 Å². The summed E-state index contributed by atoms with van der Waals surface area (Å²) in [6.45, 7) is 6.39. The summed E-state index contributed by atoms with van der Waals surface area (Å²) in [7, 11) is 0. The number of aryl methyl sites for hydroxylation is 2. The van der Waals surface area contributed by atoms with Crippen molar-refractivity contribution >= 4 is 17.7 Å². The van der Waals surface area contributed by atoms with E-state index in [4.69, 9.17) is 14.2 Å². The first-order valence-electron chi connectivity index (χ1n) is 8.58. The zero-order valence-electron chi connectivity index (χ0n) is 15.9. The number of ketones is 1. The van der Waals surface area contributed by atoms with Crippen LogP contribution in [0.25, 0.3) is 0 Å². The molecule has 0 unspecified atom stereocenters. The second-order valence-corrected chi connectivity index (χ2v) is 5.98. The maximum absolute atomic E-state index is 12.3. The van der Waals surface area contributed by atoms with Crippen molar-refractivity contribution in [3.63, 3.8) is 0 Å². The Hall–Kier alpha value is -3.09. The quantitative estimate of drug-likeness (QED) is 0.565. The molecule has 2 rings (SSSR count). The van der Waals surface area contributed by atoms with Crippen LogP contribution in [0.3, 0.4) is 0 Å². The third kappa shape index (κ3) is 4.97. The van der Waals surface area contributed by atoms with E-state index in [0.29, 0.717) is 22.6 Å². The van der Waals surface area contributed by atoms with Crippen molar-refractivity contribution in [3.05, 3.63) is 52.3 Å². The van der Waals surface area contributed by atoms with Crippen LogP contribution in [0.4, 0.5) is 0 Å². The zero-order valence-corrected chi connectivity index (χ0v) is 15.9. The van der Waals surface area contributed by atoms with Crippen LogP contribution >= 0.6 is 0 Å². The largest absolute Gasteiger partial charge is 0.482 e. The fraction of sp³-hybridized carbons (Fsp3) is 0.350. The van der Waals surface area contributed by atoms with Gasteiger partial charge in [-0.1, -0.05) is 18.2 Å². The molecular weight excluding hydrogens is 350 g/mol. The minimum absolute atomic E-state index is 0.225. The minimum Gasteiger partial charge on any atom is -0.482 e. The Morgan fingerprint density at radius 2 is 1.70 bits per heavy atom. The predicted octanol–water partition coefficient (Wildman–Crippen LogP) is 2.92. The van der Waals surface area contributed by atoms with Gasteiger partial charge in [0.1, 0.15) is 5.75 Å². The number of para-hydroxylation sites is 1. The Kier molecular flexibility index (Phi) is 6.76. The van der Waals surface area contributed by atoms with Gasteiger partial charge in [0.05, 0.1) is 17.9 Å². The van der Waals surface area contributed by atoms with E-state index >= 15 is 0 Å². The molecule has 2 aromatic rings. The third-order valence-electron chi connectivity index (χ3n) is 4.00. The third-order valence-corrected chi connectivity index (χ3v) is 4.00. The maximum atomic E-state index is 12.3. The predicted molar refractivity (Wildman–Crippen MR) is 98.2 cm³/mol. The summed E-state index contributed by atoms with van der Waals surface area (Å²) in [6, 6.07) is 7.27. The highest BCUT2D eigenvalue weighted by Crippen LogP contribution is 2.20. The van der Waals surface area contributed by atoms with Crippen molar-refractivity contribution in [1.29, 1.82) is 0 Å². The smallest absolute Gasteiger partial charge is 0.344 e. The molecular formula is C20H23NO6. The number of H-pyrrole nitrogens is 1. The van der Waals surface area contributed by atoms with Gasteiger partial charge < -0.3 is 19.2 Å². The number of aromatic amines is 1. The minimum atomic E-state index is -0.654. The molecule has 27 heavy (non-hydrogen) atoms. The van der Waals surface area contributed by atoms with E-state index in [-0.39, 0.29) is 18.9 Å². The van der Waals surface area contributed by atoms with Gasteiger partial charge >= 0.3 is 11.9 Å². The summed E-state index contributed by atoms with van der Waals surface area (Å²) in [6.07, 6.45) is 0. The second kappa shape index (κ2) is 9.02. The first-order chi connectivity index (χ1) is 12.8. The molecule has 0 aliphatic heterocycles. The lowest BCUT2D eigenvalue weighted by Gasteiger charge is -2.08. The van der Waals surface area contributed by atoms with Crippen LogP contribution in [-0.2, 0) is 14.3 Å². The Morgan fingerprint density at radius 3 is 2.37 bits per heavy atom. The number of benzene rings is 1. The number of hydrogen-bond donors (Lipinski definition) is 1. The molecule has 0 radical (unpaired) electrons. The summed E-state index contributed by atoms with van der Waals surface area (Å²) in [5, 5.41) is 0. The van der Waals surface area contributed by atoms with Gasteiger partial charge in [0, 0.05) is 5.69 Å². The number of carbonyl (C=O) groups is 3. The number of Topliss-reactive ketones (excluding diaryl/α,β-unsaturated/α-hetero) is 1. The van der Waals surface area contributed by atoms with E-state index in [0.717, 1.165) is 5.56 Å². The average molecular weight is 373 g/mol. The van der Waals surface area contributed by atoms with Crippen LogP contribution in [0.2, 0.25) is 0 Å². The fourth-order valence-corrected chi connectivity index (χ4v) is 2.65. The van der Waals surface area contributed by atoms with Crippen molar-refractivity contribution in [2.75, 3.05) is 19.8 Å². The zero-order chi connectivity index (χ0) is 20.0. The van der Waals surface area contributed by atoms with Gasteiger partial charge in [-0.2, -0.15) is 0 Å². The van der Waals surface area contributed by atoms with Gasteiger partial charge in [0.2, 0.25) is 5.78 Å². The van der Waals surface area contributed by atoms with Crippen molar-refractivity contribution in [1.82, 2.24) is 4.98 Å². The number of carbonyl (C=O) groups excluding carboxylic acids is 3. The van der Waals surface area contributed by atoms with Crippen molar-refractivity contribution in [2.45, 2.75) is 27.7 Å². The number of aromatic nitrogens is 1. The molecule has 144 valence electrons. The van der Waals surface area contributed by atoms with Crippen LogP contribution in [0.5, 0.6) is 5.75 Å². The average Bonchev–Trinajstić information content (AvgIpc) is 2.93. The van der Waals surface area contributed by atoms with Crippen LogP contribution in [0.15, 0.2) is 24.3 Å². The molecule has 0 aliphatic rings. The van der Waals surface area contributed by atoms with Crippen molar-refractivity contribution in [3.8, 4) is 5.75 Å². The van der Waals surface area contributed by atoms with E-state index < -0.39 is 24.3 Å². The topological polar surface area (TPSA) is 94.7 Å². The SMILES string of the molecule is CCOC(=O)c1c(C)[nH]c(C(=O)COC(=O)COc2ccccc2C)c1C. The molecule has 7 heteroatoms. The molecule has 0 saturated carbocycles. The van der Waals surface area contributed by atoms with Gasteiger partial charge in [-0.25, -0.2) is 9.59 Å². The molecule has 0 saturated heterocycles. The van der Waals surface area contributed by atoms with Crippen molar-refractivity contribution < 1.29 is 28.6 Å². The van der Waals surface area contributed by atoms with E-state index in [1.54, 1.807) is 32.9 Å². The Morgan fingerprint density at radius 1 is 1.00 bits per heavy atom. The molecule has 0 atom stereocenters. The lowest BCUT2D eigenvalue weighted by molar-refractivity contribution is -0.144. The molecule has 0 spiro atoms. The van der Waals surface area contributed by atoms with Gasteiger partial charge in [-0.3, -0.25) is 4.79 Å². The summed E-state index contributed by atoms with van der Waals surface area (Å²) in [4.78, 5) is 39.0. The number of nitrogens with one attached hydrogen (secondary N) is 1. The van der Waals surface area contributed by atoms with Gasteiger partial charge in [0.15, 0.2) is 13.2 Å². The highest BCUT2D eigenvalue weighted by Gasteiger charge is 2.23. The first-order valence-corrected chi connectivity index (χ1v) is 8.58. The Balaban J connectivity index is 1.94. The summed E-state index contributed by atoms with van der Waals surface area (Å²) in [5.41, 5.74) is 2.45. The molecule has 0 bridgehead atoms. The molecule has 0 aliphatic carbocycles. The lowest BCUT2D eigenvalue weighted by atomic mass is 10.1. The Labute approximate surface area is 157 Å². The monoisotopic (exact) mass is 373 g/mol. The molecule has 1 aromatic heterocycles. The highest BCUT2D eigenvalue weighted by molar-refractivity contribution is 6.02. The van der Waals surface area contributed by atoms with Crippen LogP contribution in [0, 0.1) is 20.8 Å². The maximum Gasteiger partial charge on any atom is 0.344 e. The molecule has 7 nitrogen and oxygen atoms in total. The Bertz CT molecular complexity index is 852. The van der Waals surface area contributed by atoms with E-state index in [1.807, 2.05) is 19.1 Å². The van der Waals surface area contributed by atoms with Gasteiger partial charge in [-0.05, 0) is 44.9 Å². The molecule has 0 fully saturated rings. The van der Waals surface area contributed by atoms with E-state index in [2.05, 4.69) is 4.98 Å². The lowest BCUT2D eigenvalue weighted by Crippen LogP contribution is -2.20. The number of rotatable bonds is 8. The molecule has 1 aromatic carbocycles. The standard InChI is InChI=1S/C20H23NO6/c1-5-25-20(24)18-13(3)19(21-14(18)4)15(22)10-27-17(23)11-26-16-9-7-6-8-12(16)2/h6-9,21H,5,10-11H2,1-4H3. The normalized spacial score (nSPS) is 10.4. The van der Waals surface area contributed by atoms with Gasteiger partial charge in [0.25, 0.3) is 0 Å².